The van der Waals surface area contributed by atoms with Gasteiger partial charge in [-0.05, 0) is 65.6 Å². The van der Waals surface area contributed by atoms with Crippen LogP contribution in [0.1, 0.15) is 74.5 Å². The smallest absolute Gasteiger partial charge is 0.267 e. The molecular formula is C50H63N7O8S. The van der Waals surface area contributed by atoms with E-state index in [4.69, 9.17) is 14.7 Å². The minimum atomic E-state index is -0.942. The standard InChI is InChI=1S/C50H63N7O8S/c1-33(37-15-17-38(18-16-37)46-34(2)52-32-66-46)53-48(61)43-28-40(58)31-57(43)49(62)47(50(3,4)5)54-44(59)21-24-64-26-27-65-25-23-56(22-20-39-29-51-42-9-7-6-8-41(39)42)30-36-12-10-35(11-13-36)14-19-45(60)55-63/h6-19,29,32-33,40,43,47,51,58,63H,20-28,30-31H2,1-5H3,(H,53,61)(H,54,59)(H,55,60)/b19-14+/t33-,40+,43?,47+/m0/s1. The number of nitrogens with one attached hydrogen (secondary N) is 4. The third-order valence-electron chi connectivity index (χ3n) is 11.8. The summed E-state index contributed by atoms with van der Waals surface area (Å²) in [5.74, 6) is -1.74. The van der Waals surface area contributed by atoms with Crippen LogP contribution in [0.15, 0.2) is 90.6 Å². The van der Waals surface area contributed by atoms with Crippen LogP contribution in [0.3, 0.4) is 0 Å². The minimum absolute atomic E-state index is 0.0123. The van der Waals surface area contributed by atoms with E-state index in [1.165, 1.54) is 21.9 Å². The average Bonchev–Trinajstić information content (AvgIpc) is 4.05. The van der Waals surface area contributed by atoms with Gasteiger partial charge in [-0.25, -0.2) is 10.5 Å². The van der Waals surface area contributed by atoms with Crippen molar-refractivity contribution in [1.29, 1.82) is 0 Å². The van der Waals surface area contributed by atoms with Crippen LogP contribution < -0.4 is 16.1 Å². The molecule has 16 heteroatoms. The number of rotatable bonds is 22. The number of likely N-dealkylation sites (tertiary alicyclic amines) is 1. The first-order chi connectivity index (χ1) is 31.7. The lowest BCUT2D eigenvalue weighted by molar-refractivity contribution is -0.144. The Morgan fingerprint density at radius 2 is 1.70 bits per heavy atom. The van der Waals surface area contributed by atoms with E-state index < -0.39 is 35.4 Å². The summed E-state index contributed by atoms with van der Waals surface area (Å²) < 4.78 is 11.7. The van der Waals surface area contributed by atoms with E-state index in [-0.39, 0.29) is 50.5 Å². The Bertz CT molecular complexity index is 2410. The third-order valence-corrected chi connectivity index (χ3v) is 12.7. The molecule has 352 valence electrons. The summed E-state index contributed by atoms with van der Waals surface area (Å²) in [6, 6.07) is 21.9. The van der Waals surface area contributed by atoms with Crippen LogP contribution in [-0.4, -0.2) is 118 Å². The van der Waals surface area contributed by atoms with Crippen molar-refractivity contribution < 1.29 is 39.0 Å². The largest absolute Gasteiger partial charge is 0.391 e. The van der Waals surface area contributed by atoms with E-state index in [1.807, 2.05) is 101 Å². The molecule has 1 unspecified atom stereocenters. The number of hydroxylamine groups is 1. The Labute approximate surface area is 390 Å². The number of amides is 4. The molecule has 3 aromatic carbocycles. The van der Waals surface area contributed by atoms with Crippen molar-refractivity contribution >= 4 is 51.9 Å². The molecule has 6 N–H and O–H groups in total. The fourth-order valence-corrected chi connectivity index (χ4v) is 8.83. The molecule has 2 aromatic heterocycles. The van der Waals surface area contributed by atoms with Gasteiger partial charge in [-0.1, -0.05) is 87.5 Å². The van der Waals surface area contributed by atoms with E-state index in [0.29, 0.717) is 26.3 Å². The summed E-state index contributed by atoms with van der Waals surface area (Å²) >= 11 is 1.57. The Balaban J connectivity index is 0.943. The van der Waals surface area contributed by atoms with E-state index in [0.717, 1.165) is 51.3 Å². The molecule has 15 nitrogen and oxygen atoms in total. The number of β-amino-alcohol motifs (C(OH)–C–C–N with tert-alkyl or cyclic N) is 1. The van der Waals surface area contributed by atoms with Gasteiger partial charge >= 0.3 is 0 Å². The molecule has 0 saturated carbocycles. The van der Waals surface area contributed by atoms with Gasteiger partial charge in [0.1, 0.15) is 12.1 Å². The second-order valence-corrected chi connectivity index (χ2v) is 18.6. The molecule has 3 heterocycles. The number of hydrogen-bond donors (Lipinski definition) is 6. The first-order valence-corrected chi connectivity index (χ1v) is 23.3. The highest BCUT2D eigenvalue weighted by atomic mass is 32.1. The molecule has 0 bridgehead atoms. The zero-order chi connectivity index (χ0) is 47.2. The maximum atomic E-state index is 14.1. The molecule has 5 aromatic rings. The molecule has 4 atom stereocenters. The summed E-state index contributed by atoms with van der Waals surface area (Å²) in [5.41, 5.74) is 9.91. The lowest BCUT2D eigenvalue weighted by atomic mass is 9.85. The van der Waals surface area contributed by atoms with Crippen LogP contribution in [0.4, 0.5) is 0 Å². The molecule has 0 aliphatic carbocycles. The topological polar surface area (TPSA) is 198 Å². The number of aromatic amines is 1. The van der Waals surface area contributed by atoms with Gasteiger partial charge in [-0.2, -0.15) is 0 Å². The highest BCUT2D eigenvalue weighted by molar-refractivity contribution is 7.13. The van der Waals surface area contributed by atoms with E-state index >= 15 is 0 Å². The van der Waals surface area contributed by atoms with Crippen molar-refractivity contribution in [2.75, 3.05) is 46.1 Å². The Hall–Kier alpha value is -5.75. The highest BCUT2D eigenvalue weighted by Gasteiger charge is 2.44. The number of hydrogen-bond acceptors (Lipinski definition) is 11. The second kappa shape index (κ2) is 23.6. The van der Waals surface area contributed by atoms with Crippen molar-refractivity contribution in [3.8, 4) is 10.4 Å². The minimum Gasteiger partial charge on any atom is -0.391 e. The molecule has 1 fully saturated rings. The molecule has 4 amide bonds. The number of benzene rings is 3. The molecule has 6 rings (SSSR count). The van der Waals surface area contributed by atoms with Gasteiger partial charge in [-0.15, -0.1) is 11.3 Å². The number of carbonyl (C=O) groups is 4. The maximum Gasteiger partial charge on any atom is 0.267 e. The van der Waals surface area contributed by atoms with Gasteiger partial charge in [0, 0.05) is 62.2 Å². The van der Waals surface area contributed by atoms with Gasteiger partial charge < -0.3 is 35.1 Å². The summed E-state index contributed by atoms with van der Waals surface area (Å²) in [5, 5.41) is 26.5. The van der Waals surface area contributed by atoms with Gasteiger partial charge in [0.05, 0.1) is 54.7 Å². The second-order valence-electron chi connectivity index (χ2n) is 17.8. The number of aryl methyl sites for hydroxylation is 1. The van der Waals surface area contributed by atoms with E-state index in [1.54, 1.807) is 22.9 Å². The lowest BCUT2D eigenvalue weighted by Crippen LogP contribution is -2.58. The van der Waals surface area contributed by atoms with Crippen LogP contribution in [-0.2, 0) is 41.6 Å². The van der Waals surface area contributed by atoms with Crippen molar-refractivity contribution in [1.82, 2.24) is 35.9 Å². The predicted molar refractivity (Wildman–Crippen MR) is 255 cm³/mol. The molecule has 1 aliphatic rings. The van der Waals surface area contributed by atoms with Gasteiger partial charge in [0.15, 0.2) is 0 Å². The Morgan fingerprint density at radius 3 is 2.39 bits per heavy atom. The highest BCUT2D eigenvalue weighted by Crippen LogP contribution is 2.30. The average molecular weight is 922 g/mol. The van der Waals surface area contributed by atoms with Crippen molar-refractivity contribution in [2.24, 2.45) is 5.41 Å². The van der Waals surface area contributed by atoms with Crippen LogP contribution in [0, 0.1) is 12.3 Å². The quantitative estimate of drug-likeness (QED) is 0.0209. The summed E-state index contributed by atoms with van der Waals surface area (Å²) in [6.07, 6.45) is 5.04. The summed E-state index contributed by atoms with van der Waals surface area (Å²) in [6.45, 7) is 12.8. The number of ether oxygens (including phenoxy) is 2. The van der Waals surface area contributed by atoms with Crippen LogP contribution in [0.25, 0.3) is 27.4 Å². The number of aliphatic hydroxyl groups is 1. The molecule has 66 heavy (non-hydrogen) atoms. The number of nitrogens with zero attached hydrogens (tertiary/aromatic N) is 3. The van der Waals surface area contributed by atoms with Crippen molar-refractivity contribution in [3.63, 3.8) is 0 Å². The fourth-order valence-electron chi connectivity index (χ4n) is 8.02. The molecular weight excluding hydrogens is 859 g/mol. The number of para-hydroxylation sites is 1. The summed E-state index contributed by atoms with van der Waals surface area (Å²) in [7, 11) is 0. The van der Waals surface area contributed by atoms with Crippen molar-refractivity contribution in [2.45, 2.75) is 84.7 Å². The normalized spacial score (nSPS) is 16.2. The summed E-state index contributed by atoms with van der Waals surface area (Å²) in [4.78, 5) is 64.9. The number of aliphatic hydroxyl groups excluding tert-OH is 1. The molecule has 1 saturated heterocycles. The van der Waals surface area contributed by atoms with Crippen LogP contribution in [0.5, 0.6) is 0 Å². The number of fused-ring (bicyclic) bond motifs is 1. The Morgan fingerprint density at radius 1 is 0.970 bits per heavy atom. The SMILES string of the molecule is Cc1ncsc1-c1ccc([C@H](C)NC(=O)C2C[C@@H](O)CN2C(=O)[C@@H](NC(=O)CCOCCOCCN(CCc2c[nH]c3ccccc23)Cc2ccc(/C=C/C(=O)NO)cc2)C(C)(C)C)cc1. The predicted octanol–water partition coefficient (Wildman–Crippen LogP) is 5.96. The van der Waals surface area contributed by atoms with Crippen LogP contribution in [0.2, 0.25) is 0 Å². The van der Waals surface area contributed by atoms with Crippen molar-refractivity contribution in [3.05, 3.63) is 119 Å². The number of carbonyl (C=O) groups excluding carboxylic acids is 4. The van der Waals surface area contributed by atoms with Gasteiger partial charge in [-0.3, -0.25) is 29.3 Å². The number of aromatic nitrogens is 2. The Kier molecular flexibility index (Phi) is 17.8. The zero-order valence-corrected chi connectivity index (χ0v) is 39.2. The number of thiazole rings is 1. The zero-order valence-electron chi connectivity index (χ0n) is 38.4. The molecule has 0 radical (unpaired) electrons. The number of H-pyrrole nitrogens is 1. The van der Waals surface area contributed by atoms with Gasteiger partial charge in [0.25, 0.3) is 5.91 Å². The van der Waals surface area contributed by atoms with Crippen LogP contribution >= 0.6 is 11.3 Å². The van der Waals surface area contributed by atoms with E-state index in [9.17, 15) is 24.3 Å². The molecule has 1 aliphatic heterocycles. The lowest BCUT2D eigenvalue weighted by Gasteiger charge is -2.35. The first kappa shape index (κ1) is 49.7. The first-order valence-electron chi connectivity index (χ1n) is 22.4. The maximum absolute atomic E-state index is 14.1. The monoisotopic (exact) mass is 921 g/mol. The fraction of sp³-hybridized carbons (Fsp3) is 0.420. The van der Waals surface area contributed by atoms with Gasteiger partial charge in [0.2, 0.25) is 17.7 Å². The molecule has 0 spiro atoms. The van der Waals surface area contributed by atoms with E-state index in [2.05, 4.69) is 43.8 Å². The third kappa shape index (κ3) is 13.9.